The van der Waals surface area contributed by atoms with Gasteiger partial charge in [0.05, 0.1) is 0 Å². The number of unbranched alkanes of at least 4 members (excludes halogenated alkanes) is 23. The molecule has 0 heterocycles. The summed E-state index contributed by atoms with van der Waals surface area (Å²) in [6.07, 6.45) is 34.1. The van der Waals surface area contributed by atoms with Crippen LogP contribution in [0.5, 0.6) is 0 Å². The first-order valence-corrected chi connectivity index (χ1v) is 14.7. The molecule has 0 fully saturated rings. The molecule has 0 unspecified atom stereocenters. The van der Waals surface area contributed by atoms with E-state index in [0.717, 1.165) is 19.3 Å². The van der Waals surface area contributed by atoms with Crippen LogP contribution >= 0.6 is 0 Å². The SMILES string of the molecule is CCCCCCCCCCCCCCCCCC(=O)O.[CH2]CCCCCCCCCCC.[NaH].[NaH]. The molecule has 0 saturated heterocycles. The summed E-state index contributed by atoms with van der Waals surface area (Å²) in [7, 11) is 0. The van der Waals surface area contributed by atoms with E-state index in [1.165, 1.54) is 141 Å². The van der Waals surface area contributed by atoms with E-state index in [0.29, 0.717) is 6.42 Å². The van der Waals surface area contributed by atoms with Gasteiger partial charge in [-0.1, -0.05) is 175 Å². The van der Waals surface area contributed by atoms with Gasteiger partial charge in [-0.2, -0.15) is 0 Å². The molecule has 197 valence electrons. The van der Waals surface area contributed by atoms with Crippen molar-refractivity contribution in [3.63, 3.8) is 0 Å². The van der Waals surface area contributed by atoms with Crippen molar-refractivity contribution in [3.8, 4) is 0 Å². The second-order valence-corrected chi connectivity index (χ2v) is 9.78. The predicted octanol–water partition coefficient (Wildman–Crippen LogP) is 9.78. The van der Waals surface area contributed by atoms with Gasteiger partial charge < -0.3 is 5.11 Å². The molecule has 4 heteroatoms. The Labute approximate surface area is 260 Å². The fraction of sp³-hybridized carbons (Fsp3) is 0.933. The minimum atomic E-state index is -0.653. The van der Waals surface area contributed by atoms with Crippen LogP contribution in [0, 0.1) is 6.92 Å². The van der Waals surface area contributed by atoms with E-state index in [9.17, 15) is 4.79 Å². The molecular weight excluding hydrogens is 438 g/mol. The van der Waals surface area contributed by atoms with Crippen molar-refractivity contribution >= 4 is 65.1 Å². The Bertz CT molecular complexity index is 328. The molecule has 0 aliphatic rings. The summed E-state index contributed by atoms with van der Waals surface area (Å²) in [4.78, 5) is 10.3. The first kappa shape index (κ1) is 42.6. The summed E-state index contributed by atoms with van der Waals surface area (Å²) in [5.41, 5.74) is 0. The van der Waals surface area contributed by atoms with E-state index in [1.807, 2.05) is 0 Å². The fourth-order valence-corrected chi connectivity index (χ4v) is 4.13. The molecule has 34 heavy (non-hydrogen) atoms. The van der Waals surface area contributed by atoms with Crippen molar-refractivity contribution in [2.24, 2.45) is 0 Å². The number of carbonyl (C=O) groups is 1. The molecule has 0 aromatic heterocycles. The molecule has 1 radical (unpaired) electrons. The second-order valence-electron chi connectivity index (χ2n) is 9.78. The topological polar surface area (TPSA) is 37.3 Å². The molecule has 1 N–H and O–H groups in total. The maximum atomic E-state index is 10.3. The summed E-state index contributed by atoms with van der Waals surface area (Å²) >= 11 is 0. The first-order valence-electron chi connectivity index (χ1n) is 14.7. The monoisotopic (exact) mass is 501 g/mol. The van der Waals surface area contributed by atoms with E-state index in [4.69, 9.17) is 5.11 Å². The van der Waals surface area contributed by atoms with E-state index in [2.05, 4.69) is 20.8 Å². The van der Waals surface area contributed by atoms with Crippen molar-refractivity contribution in [1.82, 2.24) is 0 Å². The third-order valence-electron chi connectivity index (χ3n) is 6.35. The van der Waals surface area contributed by atoms with E-state index in [-0.39, 0.29) is 59.1 Å². The quantitative estimate of drug-likeness (QED) is 0.0998. The molecule has 0 aliphatic carbocycles. The summed E-state index contributed by atoms with van der Waals surface area (Å²) in [5, 5.41) is 8.52. The van der Waals surface area contributed by atoms with Gasteiger partial charge in [-0.15, -0.1) is 0 Å². The zero-order valence-electron chi connectivity index (χ0n) is 22.4. The van der Waals surface area contributed by atoms with Crippen molar-refractivity contribution in [2.45, 2.75) is 181 Å². The normalized spacial score (nSPS) is 10.1. The van der Waals surface area contributed by atoms with Crippen molar-refractivity contribution in [1.29, 1.82) is 0 Å². The Morgan fingerprint density at radius 2 is 0.706 bits per heavy atom. The Hall–Kier alpha value is 1.47. The van der Waals surface area contributed by atoms with Crippen LogP contribution in [0.2, 0.25) is 0 Å². The number of carboxylic acids is 1. The third kappa shape index (κ3) is 46.8. The molecular formula is C30H63Na2O2. The Morgan fingerprint density at radius 1 is 0.471 bits per heavy atom. The zero-order chi connectivity index (χ0) is 24.0. The van der Waals surface area contributed by atoms with Crippen LogP contribution in [0.3, 0.4) is 0 Å². The van der Waals surface area contributed by atoms with E-state index < -0.39 is 5.97 Å². The number of hydrogen-bond acceptors (Lipinski definition) is 1. The standard InChI is InChI=1S/C18H36O2.C12H25.2Na.2H/c1-2-3-4-5-6-7-8-9-10-11-12-13-14-15-16-17-18(19)20;1-3-5-7-9-11-12-10-8-6-4-2;;;;/h2-17H2,1H3,(H,19,20);1,3-12H2,2H3;;;;. The van der Waals surface area contributed by atoms with Crippen LogP contribution in [-0.2, 0) is 4.79 Å². The molecule has 0 rings (SSSR count). The molecule has 0 aromatic carbocycles. The van der Waals surface area contributed by atoms with Crippen LogP contribution in [0.15, 0.2) is 0 Å². The molecule has 0 bridgehead atoms. The fourth-order valence-electron chi connectivity index (χ4n) is 4.13. The van der Waals surface area contributed by atoms with E-state index >= 15 is 0 Å². The van der Waals surface area contributed by atoms with Gasteiger partial charge in [0, 0.05) is 6.42 Å². The Kier molecular flexibility index (Phi) is 52.1. The van der Waals surface area contributed by atoms with Gasteiger partial charge >= 0.3 is 65.1 Å². The average Bonchev–Trinajstić information content (AvgIpc) is 2.78. The molecule has 0 amide bonds. The van der Waals surface area contributed by atoms with Gasteiger partial charge in [-0.25, -0.2) is 0 Å². The summed E-state index contributed by atoms with van der Waals surface area (Å²) in [6.45, 7) is 8.39. The van der Waals surface area contributed by atoms with Crippen molar-refractivity contribution < 1.29 is 9.90 Å². The van der Waals surface area contributed by atoms with Gasteiger partial charge in [0.15, 0.2) is 0 Å². The molecule has 2 nitrogen and oxygen atoms in total. The van der Waals surface area contributed by atoms with Gasteiger partial charge in [0.2, 0.25) is 0 Å². The van der Waals surface area contributed by atoms with Crippen LogP contribution in [0.25, 0.3) is 0 Å². The molecule has 0 spiro atoms. The maximum absolute atomic E-state index is 10.3. The van der Waals surface area contributed by atoms with Gasteiger partial charge in [-0.3, -0.25) is 4.79 Å². The summed E-state index contributed by atoms with van der Waals surface area (Å²) < 4.78 is 0. The molecule has 0 aliphatic heterocycles. The van der Waals surface area contributed by atoms with Gasteiger partial charge in [0.1, 0.15) is 0 Å². The second kappa shape index (κ2) is 41.6. The number of rotatable bonds is 25. The van der Waals surface area contributed by atoms with Crippen LogP contribution in [0.4, 0.5) is 0 Å². The van der Waals surface area contributed by atoms with Crippen molar-refractivity contribution in [3.05, 3.63) is 6.92 Å². The van der Waals surface area contributed by atoms with Gasteiger partial charge in [0.25, 0.3) is 0 Å². The summed E-state index contributed by atoms with van der Waals surface area (Å²) in [6, 6.07) is 0. The zero-order valence-corrected chi connectivity index (χ0v) is 22.4. The minimum absolute atomic E-state index is 0. The number of carboxylic acid groups (broad SMARTS) is 1. The first-order chi connectivity index (χ1) is 15.7. The van der Waals surface area contributed by atoms with Crippen molar-refractivity contribution in [2.75, 3.05) is 0 Å². The molecule has 0 atom stereocenters. The third-order valence-corrected chi connectivity index (χ3v) is 6.35. The Balaban J connectivity index is -0.000000279. The Morgan fingerprint density at radius 3 is 0.941 bits per heavy atom. The number of hydrogen-bond donors (Lipinski definition) is 1. The van der Waals surface area contributed by atoms with Crippen LogP contribution < -0.4 is 0 Å². The van der Waals surface area contributed by atoms with Crippen LogP contribution in [0.1, 0.15) is 181 Å². The van der Waals surface area contributed by atoms with Gasteiger partial charge in [-0.05, 0) is 6.42 Å². The molecule has 0 aromatic rings. The predicted molar refractivity (Wildman–Crippen MR) is 159 cm³/mol. The number of aliphatic carboxylic acids is 1. The molecule has 0 saturated carbocycles. The summed E-state index contributed by atoms with van der Waals surface area (Å²) in [5.74, 6) is -0.653. The average molecular weight is 502 g/mol. The van der Waals surface area contributed by atoms with Crippen LogP contribution in [-0.4, -0.2) is 70.2 Å². The van der Waals surface area contributed by atoms with E-state index in [1.54, 1.807) is 0 Å².